The highest BCUT2D eigenvalue weighted by atomic mass is 35.5. The highest BCUT2D eigenvalue weighted by Crippen LogP contribution is 2.31. The average molecular weight is 377 g/mol. The van der Waals surface area contributed by atoms with E-state index in [-0.39, 0.29) is 6.10 Å². The quantitative estimate of drug-likeness (QED) is 0.794. The number of anilines is 1. The zero-order valence-corrected chi connectivity index (χ0v) is 15.9. The zero-order valence-electron chi connectivity index (χ0n) is 14.3. The Morgan fingerprint density at radius 1 is 1.24 bits per heavy atom. The molecule has 1 N–H and O–H groups in total. The summed E-state index contributed by atoms with van der Waals surface area (Å²) in [5, 5.41) is 4.65. The van der Waals surface area contributed by atoms with Crippen LogP contribution >= 0.6 is 23.8 Å². The van der Waals surface area contributed by atoms with Crippen molar-refractivity contribution in [3.8, 4) is 11.5 Å². The van der Waals surface area contributed by atoms with E-state index >= 15 is 0 Å². The Bertz CT molecular complexity index is 769. The Morgan fingerprint density at radius 3 is 2.76 bits per heavy atom. The van der Waals surface area contributed by atoms with Gasteiger partial charge in [0.2, 0.25) is 0 Å². The number of ether oxygens (including phenoxy) is 2. The number of nitrogens with one attached hydrogen (secondary N) is 1. The van der Waals surface area contributed by atoms with Crippen LogP contribution in [0.25, 0.3) is 0 Å². The van der Waals surface area contributed by atoms with Crippen LogP contribution in [0.4, 0.5) is 5.69 Å². The number of fused-ring (bicyclic) bond motifs is 1. The molecule has 0 saturated carbocycles. The monoisotopic (exact) mass is 376 g/mol. The first-order valence-corrected chi connectivity index (χ1v) is 9.06. The van der Waals surface area contributed by atoms with E-state index < -0.39 is 0 Å². The summed E-state index contributed by atoms with van der Waals surface area (Å²) in [6.07, 6.45) is -0.0740. The maximum Gasteiger partial charge on any atom is 0.173 e. The number of nitrogens with zero attached hydrogens (tertiary/aromatic N) is 1. The third-order valence-corrected chi connectivity index (χ3v) is 4.94. The van der Waals surface area contributed by atoms with Crippen molar-refractivity contribution in [3.05, 3.63) is 53.1 Å². The van der Waals surface area contributed by atoms with Crippen molar-refractivity contribution in [2.45, 2.75) is 20.0 Å². The van der Waals surface area contributed by atoms with Gasteiger partial charge in [-0.05, 0) is 55.9 Å². The van der Waals surface area contributed by atoms with Gasteiger partial charge in [-0.2, -0.15) is 0 Å². The van der Waals surface area contributed by atoms with Crippen LogP contribution in [0.2, 0.25) is 5.02 Å². The third kappa shape index (κ3) is 4.17. The van der Waals surface area contributed by atoms with E-state index in [2.05, 4.69) is 17.1 Å². The lowest BCUT2D eigenvalue weighted by Crippen LogP contribution is -2.45. The molecule has 0 spiro atoms. The van der Waals surface area contributed by atoms with Gasteiger partial charge in [-0.15, -0.1) is 0 Å². The predicted octanol–water partition coefficient (Wildman–Crippen LogP) is 4.51. The number of hydrogen-bond donors (Lipinski definition) is 1. The lowest BCUT2D eigenvalue weighted by molar-refractivity contribution is 0.0754. The summed E-state index contributed by atoms with van der Waals surface area (Å²) in [5.74, 6) is 1.57. The van der Waals surface area contributed by atoms with Crippen molar-refractivity contribution in [2.24, 2.45) is 0 Å². The van der Waals surface area contributed by atoms with Crippen LogP contribution < -0.4 is 14.8 Å². The molecule has 6 heteroatoms. The molecule has 0 fully saturated rings. The van der Waals surface area contributed by atoms with Crippen molar-refractivity contribution in [3.63, 3.8) is 0 Å². The third-order valence-electron chi connectivity index (χ3n) is 4.17. The van der Waals surface area contributed by atoms with Gasteiger partial charge >= 0.3 is 0 Å². The number of likely N-dealkylation sites (N-methyl/N-ethyl adjacent to an activating group) is 1. The number of benzene rings is 2. The van der Waals surface area contributed by atoms with Gasteiger partial charge in [-0.3, -0.25) is 0 Å². The van der Waals surface area contributed by atoms with Gasteiger partial charge in [0, 0.05) is 17.3 Å². The van der Waals surface area contributed by atoms with Crippen LogP contribution in [0.5, 0.6) is 11.5 Å². The molecular formula is C19H21ClN2O2S. The molecule has 2 aromatic carbocycles. The molecule has 3 rings (SSSR count). The molecule has 0 bridgehead atoms. The van der Waals surface area contributed by atoms with Gasteiger partial charge in [0.05, 0.1) is 6.54 Å². The second kappa shape index (κ2) is 7.93. The second-order valence-corrected chi connectivity index (χ2v) is 6.67. The number of hydrogen-bond acceptors (Lipinski definition) is 3. The Morgan fingerprint density at radius 2 is 2.00 bits per heavy atom. The van der Waals surface area contributed by atoms with E-state index in [0.717, 1.165) is 34.3 Å². The first-order valence-electron chi connectivity index (χ1n) is 8.28. The molecule has 0 amide bonds. The minimum absolute atomic E-state index is 0.0740. The van der Waals surface area contributed by atoms with Gasteiger partial charge in [-0.1, -0.05) is 29.8 Å². The van der Waals surface area contributed by atoms with Crippen molar-refractivity contribution < 1.29 is 9.47 Å². The fourth-order valence-corrected chi connectivity index (χ4v) is 3.18. The second-order valence-electron chi connectivity index (χ2n) is 5.88. The van der Waals surface area contributed by atoms with Gasteiger partial charge in [0.1, 0.15) is 6.61 Å². The normalized spacial score (nSPS) is 15.6. The Balaban J connectivity index is 1.64. The first kappa shape index (κ1) is 17.8. The van der Waals surface area contributed by atoms with Gasteiger partial charge in [-0.25, -0.2) is 0 Å². The number of halogens is 1. The summed E-state index contributed by atoms with van der Waals surface area (Å²) >= 11 is 11.8. The summed E-state index contributed by atoms with van der Waals surface area (Å²) in [6, 6.07) is 13.5. The van der Waals surface area contributed by atoms with Gasteiger partial charge < -0.3 is 19.7 Å². The first-order chi connectivity index (χ1) is 12.1. The minimum atomic E-state index is -0.0740. The highest BCUT2D eigenvalue weighted by molar-refractivity contribution is 7.80. The number of rotatable bonds is 4. The number of thiocarbonyl (C=S) groups is 1. The smallest absolute Gasteiger partial charge is 0.173 e. The topological polar surface area (TPSA) is 33.7 Å². The molecule has 1 heterocycles. The van der Waals surface area contributed by atoms with Gasteiger partial charge in [0.25, 0.3) is 0 Å². The summed E-state index contributed by atoms with van der Waals surface area (Å²) in [4.78, 5) is 2.07. The van der Waals surface area contributed by atoms with Crippen molar-refractivity contribution in [2.75, 3.05) is 25.0 Å². The average Bonchev–Trinajstić information content (AvgIpc) is 2.63. The largest absolute Gasteiger partial charge is 0.486 e. The highest BCUT2D eigenvalue weighted by Gasteiger charge is 2.23. The molecule has 0 radical (unpaired) electrons. The molecule has 1 aliphatic rings. The maximum atomic E-state index is 6.18. The van der Waals surface area contributed by atoms with E-state index in [0.29, 0.717) is 18.3 Å². The summed E-state index contributed by atoms with van der Waals surface area (Å²) in [5.41, 5.74) is 1.90. The Labute approximate surface area is 158 Å². The number of para-hydroxylation sites is 2. The molecule has 1 atom stereocenters. The zero-order chi connectivity index (χ0) is 17.8. The van der Waals surface area contributed by atoms with E-state index in [4.69, 9.17) is 33.3 Å². The van der Waals surface area contributed by atoms with Gasteiger partial charge in [0.15, 0.2) is 22.7 Å². The van der Waals surface area contributed by atoms with Crippen LogP contribution in [0, 0.1) is 6.92 Å². The van der Waals surface area contributed by atoms with Crippen LogP contribution in [-0.4, -0.2) is 35.8 Å². The van der Waals surface area contributed by atoms with E-state index in [1.165, 1.54) is 0 Å². The van der Waals surface area contributed by atoms with Crippen LogP contribution in [0.15, 0.2) is 42.5 Å². The molecule has 0 aromatic heterocycles. The SMILES string of the molecule is CCN(C[C@@H]1COc2ccccc2O1)C(=S)Nc1cccc(Cl)c1C. The lowest BCUT2D eigenvalue weighted by atomic mass is 10.2. The summed E-state index contributed by atoms with van der Waals surface area (Å²) < 4.78 is 11.8. The minimum Gasteiger partial charge on any atom is -0.486 e. The molecule has 4 nitrogen and oxygen atoms in total. The molecule has 25 heavy (non-hydrogen) atoms. The summed E-state index contributed by atoms with van der Waals surface area (Å²) in [6.45, 7) is 5.96. The Kier molecular flexibility index (Phi) is 5.66. The summed E-state index contributed by atoms with van der Waals surface area (Å²) in [7, 11) is 0. The molecule has 0 saturated heterocycles. The molecular weight excluding hydrogens is 356 g/mol. The fourth-order valence-electron chi connectivity index (χ4n) is 2.69. The lowest BCUT2D eigenvalue weighted by Gasteiger charge is -2.32. The molecule has 0 unspecified atom stereocenters. The molecule has 0 aliphatic carbocycles. The van der Waals surface area contributed by atoms with E-state index in [1.807, 2.05) is 49.4 Å². The van der Waals surface area contributed by atoms with E-state index in [1.54, 1.807) is 0 Å². The maximum absolute atomic E-state index is 6.18. The molecule has 132 valence electrons. The van der Waals surface area contributed by atoms with Crippen LogP contribution in [0.1, 0.15) is 12.5 Å². The Hall–Kier alpha value is -1.98. The van der Waals surface area contributed by atoms with E-state index in [9.17, 15) is 0 Å². The molecule has 2 aromatic rings. The van der Waals surface area contributed by atoms with Crippen molar-refractivity contribution in [1.29, 1.82) is 0 Å². The molecule has 1 aliphatic heterocycles. The van der Waals surface area contributed by atoms with Crippen molar-refractivity contribution >= 4 is 34.6 Å². The predicted molar refractivity (Wildman–Crippen MR) is 106 cm³/mol. The van der Waals surface area contributed by atoms with Crippen molar-refractivity contribution in [1.82, 2.24) is 4.90 Å². The fraction of sp³-hybridized carbons (Fsp3) is 0.316. The van der Waals surface area contributed by atoms with Crippen LogP contribution in [-0.2, 0) is 0 Å². The van der Waals surface area contributed by atoms with Crippen LogP contribution in [0.3, 0.4) is 0 Å². The standard InChI is InChI=1S/C19H21ClN2O2S/c1-3-22(19(25)21-16-8-6-7-15(20)13(16)2)11-14-12-23-17-9-4-5-10-18(17)24-14/h4-10,14H,3,11-12H2,1-2H3,(H,21,25)/t14-/m1/s1.